The van der Waals surface area contributed by atoms with Crippen molar-refractivity contribution in [3.05, 3.63) is 59.8 Å². The highest BCUT2D eigenvalue weighted by Gasteiger charge is 2.10. The van der Waals surface area contributed by atoms with Gasteiger partial charge in [0.2, 0.25) is 0 Å². The molecule has 0 fully saturated rings. The third kappa shape index (κ3) is 3.44. The molecule has 0 saturated heterocycles. The highest BCUT2D eigenvalue weighted by Crippen LogP contribution is 2.11. The molecule has 3 rings (SSSR count). The molecule has 124 valence electrons. The molecule has 0 spiro atoms. The number of rotatable bonds is 6. The van der Waals surface area contributed by atoms with Crippen LogP contribution in [-0.4, -0.2) is 34.1 Å². The highest BCUT2D eigenvalue weighted by atomic mass is 16.5. The van der Waals surface area contributed by atoms with Gasteiger partial charge in [0, 0.05) is 37.5 Å². The van der Waals surface area contributed by atoms with Gasteiger partial charge in [0.15, 0.2) is 0 Å². The average Bonchev–Trinajstić information content (AvgIpc) is 2.95. The first-order valence-electron chi connectivity index (χ1n) is 7.83. The normalized spacial score (nSPS) is 10.9. The number of benzene rings is 1. The molecular weight excluding hydrogens is 304 g/mol. The van der Waals surface area contributed by atoms with Crippen LogP contribution >= 0.6 is 0 Å². The summed E-state index contributed by atoms with van der Waals surface area (Å²) < 4.78 is 7.18. The van der Waals surface area contributed by atoms with Gasteiger partial charge in [0.25, 0.3) is 5.91 Å². The van der Waals surface area contributed by atoms with Crippen molar-refractivity contribution in [2.75, 3.05) is 13.7 Å². The third-order valence-corrected chi connectivity index (χ3v) is 3.86. The largest absolute Gasteiger partial charge is 0.377 e. The maximum Gasteiger partial charge on any atom is 0.269 e. The molecule has 0 saturated carbocycles. The lowest BCUT2D eigenvalue weighted by atomic mass is 10.2. The molecule has 1 aromatic carbocycles. The van der Waals surface area contributed by atoms with Crippen LogP contribution in [0.5, 0.6) is 0 Å². The van der Waals surface area contributed by atoms with Crippen molar-refractivity contribution < 1.29 is 9.53 Å². The van der Waals surface area contributed by atoms with Gasteiger partial charge >= 0.3 is 0 Å². The van der Waals surface area contributed by atoms with E-state index < -0.39 is 0 Å². The standard InChI is InChI=1S/C18H20N4O2/c1-13-11-20-17(12-24-2)22(13)10-9-19-18(23)16-8-7-14-5-3-4-6-15(14)21-16/h3-8,11H,9-10,12H2,1-2H3,(H,19,23). The summed E-state index contributed by atoms with van der Waals surface area (Å²) in [5.74, 6) is 0.680. The number of fused-ring (bicyclic) bond motifs is 1. The zero-order valence-corrected chi connectivity index (χ0v) is 13.8. The number of pyridine rings is 1. The molecule has 0 atom stereocenters. The van der Waals surface area contributed by atoms with Crippen LogP contribution in [0.3, 0.4) is 0 Å². The van der Waals surface area contributed by atoms with Crippen LogP contribution in [0, 0.1) is 6.92 Å². The van der Waals surface area contributed by atoms with Crippen molar-refractivity contribution in [1.82, 2.24) is 19.9 Å². The number of amides is 1. The lowest BCUT2D eigenvalue weighted by molar-refractivity contribution is 0.0947. The van der Waals surface area contributed by atoms with E-state index in [0.717, 1.165) is 22.4 Å². The number of hydrogen-bond donors (Lipinski definition) is 1. The van der Waals surface area contributed by atoms with Gasteiger partial charge in [-0.2, -0.15) is 0 Å². The van der Waals surface area contributed by atoms with Crippen molar-refractivity contribution in [2.24, 2.45) is 0 Å². The Morgan fingerprint density at radius 2 is 2.08 bits per heavy atom. The number of aromatic nitrogens is 3. The molecule has 0 aliphatic rings. The molecule has 0 aliphatic carbocycles. The van der Waals surface area contributed by atoms with Gasteiger partial charge in [0.05, 0.1) is 5.52 Å². The number of hydrogen-bond acceptors (Lipinski definition) is 4. The molecule has 2 heterocycles. The van der Waals surface area contributed by atoms with Crippen LogP contribution in [-0.2, 0) is 17.9 Å². The van der Waals surface area contributed by atoms with Gasteiger partial charge in [-0.1, -0.05) is 24.3 Å². The van der Waals surface area contributed by atoms with E-state index in [9.17, 15) is 4.79 Å². The third-order valence-electron chi connectivity index (χ3n) is 3.86. The number of carbonyl (C=O) groups excluding carboxylic acids is 1. The summed E-state index contributed by atoms with van der Waals surface area (Å²) in [5, 5.41) is 3.93. The number of carbonyl (C=O) groups is 1. The van der Waals surface area contributed by atoms with Gasteiger partial charge in [-0.05, 0) is 19.1 Å². The highest BCUT2D eigenvalue weighted by molar-refractivity contribution is 5.94. The molecular formula is C18H20N4O2. The van der Waals surface area contributed by atoms with E-state index in [-0.39, 0.29) is 5.91 Å². The first-order valence-corrected chi connectivity index (χ1v) is 7.83. The lowest BCUT2D eigenvalue weighted by Gasteiger charge is -2.11. The lowest BCUT2D eigenvalue weighted by Crippen LogP contribution is -2.28. The van der Waals surface area contributed by atoms with E-state index in [1.807, 2.05) is 41.8 Å². The second-order valence-corrected chi connectivity index (χ2v) is 5.55. The zero-order chi connectivity index (χ0) is 16.9. The number of nitrogens with one attached hydrogen (secondary N) is 1. The molecule has 3 aromatic rings. The minimum atomic E-state index is -0.174. The second-order valence-electron chi connectivity index (χ2n) is 5.55. The first kappa shape index (κ1) is 16.1. The number of para-hydroxylation sites is 1. The SMILES string of the molecule is COCc1ncc(C)n1CCNC(=O)c1ccc2ccccc2n1. The molecule has 1 amide bonds. The van der Waals surface area contributed by atoms with Crippen LogP contribution in [0.1, 0.15) is 22.0 Å². The Bertz CT molecular complexity index is 857. The Balaban J connectivity index is 1.64. The molecule has 0 bridgehead atoms. The van der Waals surface area contributed by atoms with Crippen molar-refractivity contribution >= 4 is 16.8 Å². The Hall–Kier alpha value is -2.73. The van der Waals surface area contributed by atoms with E-state index in [0.29, 0.717) is 25.4 Å². The number of nitrogens with zero attached hydrogens (tertiary/aromatic N) is 3. The summed E-state index contributed by atoms with van der Waals surface area (Å²) in [4.78, 5) is 21.0. The molecule has 6 heteroatoms. The molecule has 0 aliphatic heterocycles. The average molecular weight is 324 g/mol. The molecule has 0 radical (unpaired) electrons. The minimum Gasteiger partial charge on any atom is -0.377 e. The van der Waals surface area contributed by atoms with Gasteiger partial charge in [-0.3, -0.25) is 4.79 Å². The van der Waals surface area contributed by atoms with Crippen LogP contribution in [0.25, 0.3) is 10.9 Å². The summed E-state index contributed by atoms with van der Waals surface area (Å²) >= 11 is 0. The predicted molar refractivity (Wildman–Crippen MR) is 91.8 cm³/mol. The van der Waals surface area contributed by atoms with E-state index in [1.54, 1.807) is 19.4 Å². The van der Waals surface area contributed by atoms with Crippen molar-refractivity contribution in [3.63, 3.8) is 0 Å². The molecule has 24 heavy (non-hydrogen) atoms. The minimum absolute atomic E-state index is 0.174. The number of imidazole rings is 1. The smallest absolute Gasteiger partial charge is 0.269 e. The number of ether oxygens (including phenoxy) is 1. The summed E-state index contributed by atoms with van der Waals surface area (Å²) in [6, 6.07) is 11.4. The molecule has 6 nitrogen and oxygen atoms in total. The van der Waals surface area contributed by atoms with E-state index in [1.165, 1.54) is 0 Å². The van der Waals surface area contributed by atoms with Crippen LogP contribution in [0.2, 0.25) is 0 Å². The Kier molecular flexibility index (Phi) is 4.86. The predicted octanol–water partition coefficient (Wildman–Crippen LogP) is 2.32. The van der Waals surface area contributed by atoms with Crippen molar-refractivity contribution in [1.29, 1.82) is 0 Å². The zero-order valence-electron chi connectivity index (χ0n) is 13.8. The molecule has 1 N–H and O–H groups in total. The fourth-order valence-electron chi connectivity index (χ4n) is 2.62. The monoisotopic (exact) mass is 324 g/mol. The van der Waals surface area contributed by atoms with E-state index >= 15 is 0 Å². The van der Waals surface area contributed by atoms with Crippen LogP contribution in [0.15, 0.2) is 42.6 Å². The van der Waals surface area contributed by atoms with Crippen molar-refractivity contribution in [3.8, 4) is 0 Å². The summed E-state index contributed by atoms with van der Waals surface area (Å²) in [5.41, 5.74) is 2.28. The Labute approximate surface area is 140 Å². The van der Waals surface area contributed by atoms with Crippen LogP contribution in [0.4, 0.5) is 0 Å². The second kappa shape index (κ2) is 7.23. The van der Waals surface area contributed by atoms with Gasteiger partial charge < -0.3 is 14.6 Å². The fraction of sp³-hybridized carbons (Fsp3) is 0.278. The summed E-state index contributed by atoms with van der Waals surface area (Å²) in [6.45, 7) is 3.58. The number of methoxy groups -OCH3 is 1. The van der Waals surface area contributed by atoms with Crippen molar-refractivity contribution in [2.45, 2.75) is 20.1 Å². The van der Waals surface area contributed by atoms with Crippen LogP contribution < -0.4 is 5.32 Å². The summed E-state index contributed by atoms with van der Waals surface area (Å²) in [7, 11) is 1.64. The first-order chi connectivity index (χ1) is 11.7. The molecule has 0 unspecified atom stereocenters. The summed E-state index contributed by atoms with van der Waals surface area (Å²) in [6.07, 6.45) is 1.81. The maximum absolute atomic E-state index is 12.3. The van der Waals surface area contributed by atoms with Gasteiger partial charge in [-0.15, -0.1) is 0 Å². The number of aryl methyl sites for hydroxylation is 1. The Morgan fingerprint density at radius 3 is 2.92 bits per heavy atom. The molecule has 2 aromatic heterocycles. The quantitative estimate of drug-likeness (QED) is 0.755. The maximum atomic E-state index is 12.3. The topological polar surface area (TPSA) is 69.0 Å². The van der Waals surface area contributed by atoms with Gasteiger partial charge in [0.1, 0.15) is 18.1 Å². The fourth-order valence-corrected chi connectivity index (χ4v) is 2.62. The van der Waals surface area contributed by atoms with Gasteiger partial charge in [-0.25, -0.2) is 9.97 Å². The Morgan fingerprint density at radius 1 is 1.25 bits per heavy atom. The van der Waals surface area contributed by atoms with E-state index in [4.69, 9.17) is 4.74 Å². The van der Waals surface area contributed by atoms with E-state index in [2.05, 4.69) is 15.3 Å².